The monoisotopic (exact) mass is 383 g/mol. The van der Waals surface area contributed by atoms with Crippen LogP contribution in [0, 0.1) is 6.92 Å². The van der Waals surface area contributed by atoms with Gasteiger partial charge in [-0.15, -0.1) is 17.0 Å². The molecular formula is C15H18BrN3O2S. The second-order valence-electron chi connectivity index (χ2n) is 4.53. The number of rotatable bonds is 5. The minimum absolute atomic E-state index is 0. The van der Waals surface area contributed by atoms with Crippen molar-refractivity contribution in [3.63, 3.8) is 0 Å². The van der Waals surface area contributed by atoms with Crippen LogP contribution in [0.3, 0.4) is 0 Å². The molecule has 0 unspecified atom stereocenters. The zero-order valence-corrected chi connectivity index (χ0v) is 15.4. The van der Waals surface area contributed by atoms with E-state index in [9.17, 15) is 4.79 Å². The van der Waals surface area contributed by atoms with Crippen LogP contribution in [-0.4, -0.2) is 23.6 Å². The maximum absolute atomic E-state index is 11.4. The van der Waals surface area contributed by atoms with Gasteiger partial charge >= 0.3 is 0 Å². The number of hydrogen-bond donors (Lipinski definition) is 1. The van der Waals surface area contributed by atoms with Gasteiger partial charge in [0.2, 0.25) is 5.13 Å². The predicted molar refractivity (Wildman–Crippen MR) is 96.0 cm³/mol. The van der Waals surface area contributed by atoms with Gasteiger partial charge < -0.3 is 4.74 Å². The number of halogens is 1. The summed E-state index contributed by atoms with van der Waals surface area (Å²) in [4.78, 5) is 16.3. The van der Waals surface area contributed by atoms with Crippen LogP contribution < -0.4 is 10.2 Å². The Balaban J connectivity index is 0.00000242. The van der Waals surface area contributed by atoms with Crippen LogP contribution >= 0.6 is 28.3 Å². The van der Waals surface area contributed by atoms with E-state index in [-0.39, 0.29) is 22.8 Å². The van der Waals surface area contributed by atoms with E-state index >= 15 is 0 Å². The van der Waals surface area contributed by atoms with E-state index in [1.54, 1.807) is 7.11 Å². The fraction of sp³-hybridized carbons (Fsp3) is 0.267. The zero-order valence-electron chi connectivity index (χ0n) is 12.8. The number of methoxy groups -OCH3 is 1. The number of hydrogen-bond acceptors (Lipinski definition) is 6. The molecule has 1 heterocycles. The van der Waals surface area contributed by atoms with E-state index in [1.807, 2.05) is 38.1 Å². The molecule has 0 aliphatic rings. The zero-order chi connectivity index (χ0) is 15.4. The highest BCUT2D eigenvalue weighted by molar-refractivity contribution is 8.93. The molecule has 0 fully saturated rings. The SMILES string of the molecule is Br.COc1ccc(C(C)=NNc2nc(C)c(C(C)=O)s2)cc1. The van der Waals surface area contributed by atoms with E-state index in [0.29, 0.717) is 10.0 Å². The van der Waals surface area contributed by atoms with Crippen molar-refractivity contribution in [1.82, 2.24) is 4.98 Å². The van der Waals surface area contributed by atoms with Crippen LogP contribution in [0.15, 0.2) is 29.4 Å². The van der Waals surface area contributed by atoms with Crippen molar-refractivity contribution in [2.75, 3.05) is 12.5 Å². The Morgan fingerprint density at radius 1 is 1.27 bits per heavy atom. The molecular weight excluding hydrogens is 366 g/mol. The van der Waals surface area contributed by atoms with Crippen molar-refractivity contribution in [3.05, 3.63) is 40.4 Å². The lowest BCUT2D eigenvalue weighted by atomic mass is 10.1. The molecule has 2 rings (SSSR count). The number of anilines is 1. The maximum atomic E-state index is 11.4. The molecule has 0 saturated carbocycles. The van der Waals surface area contributed by atoms with E-state index in [2.05, 4.69) is 15.5 Å². The third-order valence-corrected chi connectivity index (χ3v) is 4.11. The number of carbonyl (C=O) groups is 1. The summed E-state index contributed by atoms with van der Waals surface area (Å²) in [5, 5.41) is 4.91. The molecule has 0 saturated heterocycles. The van der Waals surface area contributed by atoms with E-state index in [4.69, 9.17) is 4.74 Å². The van der Waals surface area contributed by atoms with Crippen LogP contribution in [0.2, 0.25) is 0 Å². The number of benzene rings is 1. The summed E-state index contributed by atoms with van der Waals surface area (Å²) >= 11 is 1.31. The fourth-order valence-corrected chi connectivity index (χ4v) is 2.60. The lowest BCUT2D eigenvalue weighted by Crippen LogP contribution is -1.99. The van der Waals surface area contributed by atoms with Gasteiger partial charge in [-0.3, -0.25) is 10.2 Å². The van der Waals surface area contributed by atoms with Gasteiger partial charge in [0.25, 0.3) is 0 Å². The summed E-state index contributed by atoms with van der Waals surface area (Å²) in [5.41, 5.74) is 5.45. The molecule has 0 aliphatic carbocycles. The number of ether oxygens (including phenoxy) is 1. The lowest BCUT2D eigenvalue weighted by molar-refractivity contribution is 0.102. The summed E-state index contributed by atoms with van der Waals surface area (Å²) in [6.07, 6.45) is 0. The van der Waals surface area contributed by atoms with E-state index in [0.717, 1.165) is 22.7 Å². The van der Waals surface area contributed by atoms with Crippen LogP contribution in [-0.2, 0) is 0 Å². The molecule has 0 bridgehead atoms. The number of aromatic nitrogens is 1. The fourth-order valence-electron chi connectivity index (χ4n) is 1.80. The summed E-state index contributed by atoms with van der Waals surface area (Å²) in [6, 6.07) is 7.65. The van der Waals surface area contributed by atoms with Crippen molar-refractivity contribution in [2.24, 2.45) is 5.10 Å². The van der Waals surface area contributed by atoms with Crippen molar-refractivity contribution >= 4 is 44.9 Å². The quantitative estimate of drug-likeness (QED) is 0.479. The number of thiazole rings is 1. The summed E-state index contributed by atoms with van der Waals surface area (Å²) < 4.78 is 5.12. The van der Waals surface area contributed by atoms with Crippen LogP contribution in [0.1, 0.15) is 34.8 Å². The van der Waals surface area contributed by atoms with Gasteiger partial charge in [-0.25, -0.2) is 4.98 Å². The molecule has 0 spiro atoms. The minimum atomic E-state index is 0. The van der Waals surface area contributed by atoms with Crippen LogP contribution in [0.5, 0.6) is 5.75 Å². The van der Waals surface area contributed by atoms with Crippen LogP contribution in [0.25, 0.3) is 0 Å². The largest absolute Gasteiger partial charge is 0.497 e. The van der Waals surface area contributed by atoms with Crippen molar-refractivity contribution in [1.29, 1.82) is 0 Å². The molecule has 0 atom stereocenters. The second-order valence-corrected chi connectivity index (χ2v) is 5.53. The van der Waals surface area contributed by atoms with Gasteiger partial charge in [-0.2, -0.15) is 5.10 Å². The van der Waals surface area contributed by atoms with Gasteiger partial charge in [0.05, 0.1) is 23.4 Å². The number of carbonyl (C=O) groups excluding carboxylic acids is 1. The Kier molecular flexibility index (Phi) is 6.70. The molecule has 22 heavy (non-hydrogen) atoms. The highest BCUT2D eigenvalue weighted by atomic mass is 79.9. The molecule has 7 heteroatoms. The number of hydrazone groups is 1. The Labute approximate surface area is 144 Å². The van der Waals surface area contributed by atoms with Gasteiger partial charge in [-0.05, 0) is 43.7 Å². The first-order valence-corrected chi connectivity index (χ1v) is 7.26. The van der Waals surface area contributed by atoms with Gasteiger partial charge in [0.1, 0.15) is 5.75 Å². The highest BCUT2D eigenvalue weighted by Crippen LogP contribution is 2.23. The number of Topliss-reactive ketones (excluding diaryl/α,β-unsaturated/α-hetero) is 1. The normalized spacial score (nSPS) is 10.8. The molecule has 0 amide bonds. The van der Waals surface area contributed by atoms with Crippen LogP contribution in [0.4, 0.5) is 5.13 Å². The number of nitrogens with zero attached hydrogens (tertiary/aromatic N) is 2. The molecule has 0 radical (unpaired) electrons. The number of nitrogens with one attached hydrogen (secondary N) is 1. The minimum Gasteiger partial charge on any atom is -0.497 e. The average molecular weight is 384 g/mol. The van der Waals surface area contributed by atoms with Crippen molar-refractivity contribution in [2.45, 2.75) is 20.8 Å². The Morgan fingerprint density at radius 3 is 2.41 bits per heavy atom. The van der Waals surface area contributed by atoms with Gasteiger partial charge in [0, 0.05) is 6.92 Å². The average Bonchev–Trinajstić information content (AvgIpc) is 2.86. The van der Waals surface area contributed by atoms with E-state index < -0.39 is 0 Å². The van der Waals surface area contributed by atoms with Gasteiger partial charge in [-0.1, -0.05) is 11.3 Å². The Morgan fingerprint density at radius 2 is 1.91 bits per heavy atom. The third-order valence-electron chi connectivity index (χ3n) is 2.94. The summed E-state index contributed by atoms with van der Waals surface area (Å²) in [7, 11) is 1.63. The standard InChI is InChI=1S/C15H17N3O2S.BrH/c1-9(12-5-7-13(20-4)8-6-12)17-18-15-16-10(2)14(21-15)11(3)19;/h5-8H,1-4H3,(H,16,18);1H. The number of aryl methyl sites for hydroxylation is 1. The molecule has 118 valence electrons. The molecule has 5 nitrogen and oxygen atoms in total. The number of ketones is 1. The first-order chi connectivity index (χ1) is 10.0. The first kappa shape index (κ1) is 18.3. The molecule has 0 aliphatic heterocycles. The smallest absolute Gasteiger partial charge is 0.204 e. The molecule has 2 aromatic rings. The van der Waals surface area contributed by atoms with Crippen molar-refractivity contribution < 1.29 is 9.53 Å². The Hall–Kier alpha value is -1.73. The third kappa shape index (κ3) is 4.38. The highest BCUT2D eigenvalue weighted by Gasteiger charge is 2.10. The van der Waals surface area contributed by atoms with Gasteiger partial charge in [0.15, 0.2) is 5.78 Å². The molecule has 1 N–H and O–H groups in total. The molecule has 1 aromatic heterocycles. The summed E-state index contributed by atoms with van der Waals surface area (Å²) in [5.74, 6) is 0.829. The second kappa shape index (κ2) is 8.05. The Bertz CT molecular complexity index is 681. The first-order valence-electron chi connectivity index (χ1n) is 6.44. The maximum Gasteiger partial charge on any atom is 0.204 e. The van der Waals surface area contributed by atoms with Crippen molar-refractivity contribution in [3.8, 4) is 5.75 Å². The topological polar surface area (TPSA) is 63.6 Å². The predicted octanol–water partition coefficient (Wildman–Crippen LogP) is 4.08. The molecule has 1 aromatic carbocycles. The summed E-state index contributed by atoms with van der Waals surface area (Å²) in [6.45, 7) is 5.26. The lowest BCUT2D eigenvalue weighted by Gasteiger charge is -2.03. The van der Waals surface area contributed by atoms with E-state index in [1.165, 1.54) is 18.3 Å².